The van der Waals surface area contributed by atoms with Crippen LogP contribution in [0.3, 0.4) is 0 Å². The zero-order chi connectivity index (χ0) is 23.7. The van der Waals surface area contributed by atoms with Crippen LogP contribution >= 0.6 is 0 Å². The van der Waals surface area contributed by atoms with Crippen LogP contribution in [0, 0.1) is 5.82 Å². The van der Waals surface area contributed by atoms with Gasteiger partial charge in [0.2, 0.25) is 0 Å². The Morgan fingerprint density at radius 3 is 2.76 bits per heavy atom. The Hall–Kier alpha value is -3.55. The number of fused-ring (bicyclic) bond motifs is 1. The average Bonchev–Trinajstić information content (AvgIpc) is 3.23. The molecule has 4 aromatic rings. The molecule has 3 heterocycles. The van der Waals surface area contributed by atoms with Gasteiger partial charge in [0, 0.05) is 62.0 Å². The smallest absolute Gasteiger partial charge is 0.308 e. The quantitative estimate of drug-likeness (QED) is 0.436. The van der Waals surface area contributed by atoms with Crippen LogP contribution in [0.15, 0.2) is 67.0 Å². The van der Waals surface area contributed by atoms with E-state index in [1.54, 1.807) is 12.3 Å². The van der Waals surface area contributed by atoms with Gasteiger partial charge in [0.1, 0.15) is 5.82 Å². The Morgan fingerprint density at radius 1 is 1.15 bits per heavy atom. The molecule has 0 amide bonds. The number of nitrogens with one attached hydrogen (secondary N) is 1. The molecule has 174 valence electrons. The monoisotopic (exact) mass is 458 g/mol. The van der Waals surface area contributed by atoms with Crippen LogP contribution in [-0.2, 0) is 11.3 Å². The molecule has 1 atom stereocenters. The van der Waals surface area contributed by atoms with Crippen molar-refractivity contribution in [3.05, 3.63) is 84.1 Å². The van der Waals surface area contributed by atoms with Gasteiger partial charge in [-0.15, -0.1) is 0 Å². The molecule has 2 aromatic carbocycles. The summed E-state index contributed by atoms with van der Waals surface area (Å²) in [6, 6.07) is 17.2. The van der Waals surface area contributed by atoms with Gasteiger partial charge in [0.15, 0.2) is 5.75 Å². The highest BCUT2D eigenvalue weighted by Crippen LogP contribution is 2.32. The predicted octanol–water partition coefficient (Wildman–Crippen LogP) is 4.78. The molecule has 1 aliphatic rings. The number of ether oxygens (including phenoxy) is 1. The second kappa shape index (κ2) is 9.37. The topological polar surface area (TPSA) is 61.5 Å². The number of piperazine rings is 1. The van der Waals surface area contributed by atoms with E-state index in [-0.39, 0.29) is 17.8 Å². The first-order valence-electron chi connectivity index (χ1n) is 11.4. The summed E-state index contributed by atoms with van der Waals surface area (Å²) >= 11 is 0. The fourth-order valence-electron chi connectivity index (χ4n) is 4.61. The third kappa shape index (κ3) is 4.58. The van der Waals surface area contributed by atoms with Crippen molar-refractivity contribution in [3.63, 3.8) is 0 Å². The Labute approximate surface area is 198 Å². The van der Waals surface area contributed by atoms with Crippen molar-refractivity contribution >= 4 is 16.9 Å². The zero-order valence-corrected chi connectivity index (χ0v) is 19.3. The van der Waals surface area contributed by atoms with Crippen LogP contribution in [0.25, 0.3) is 22.0 Å². The number of carbonyl (C=O) groups excluding carboxylic acids is 1. The van der Waals surface area contributed by atoms with E-state index in [2.05, 4.69) is 26.8 Å². The summed E-state index contributed by atoms with van der Waals surface area (Å²) in [7, 11) is 2.11. The highest BCUT2D eigenvalue weighted by Gasteiger charge is 2.28. The van der Waals surface area contributed by atoms with Gasteiger partial charge in [0.25, 0.3) is 0 Å². The van der Waals surface area contributed by atoms with Crippen LogP contribution in [0.5, 0.6) is 5.75 Å². The number of likely N-dealkylation sites (N-methyl/N-ethyl adjacent to an activating group) is 1. The third-order valence-corrected chi connectivity index (χ3v) is 6.37. The number of halogens is 1. The molecule has 0 saturated carbocycles. The number of H-pyrrole nitrogens is 1. The van der Waals surface area contributed by atoms with Crippen molar-refractivity contribution in [3.8, 4) is 16.9 Å². The highest BCUT2D eigenvalue weighted by atomic mass is 19.1. The minimum Gasteiger partial charge on any atom is -0.424 e. The van der Waals surface area contributed by atoms with Gasteiger partial charge in [0.05, 0.1) is 11.7 Å². The van der Waals surface area contributed by atoms with Crippen LogP contribution in [0.4, 0.5) is 4.39 Å². The van der Waals surface area contributed by atoms with Crippen molar-refractivity contribution < 1.29 is 13.9 Å². The number of hydrogen-bond acceptors (Lipinski definition) is 5. The van der Waals surface area contributed by atoms with Crippen molar-refractivity contribution in [1.29, 1.82) is 0 Å². The third-order valence-electron chi connectivity index (χ3n) is 6.37. The number of benzene rings is 2. The average molecular weight is 459 g/mol. The molecule has 2 aromatic heterocycles. The number of pyridine rings is 1. The minimum absolute atomic E-state index is 0.102. The summed E-state index contributed by atoms with van der Waals surface area (Å²) in [5, 5.41) is 0.813. The normalized spacial score (nSPS) is 17.2. The summed E-state index contributed by atoms with van der Waals surface area (Å²) in [4.78, 5) is 23.7. The Morgan fingerprint density at radius 2 is 1.97 bits per heavy atom. The van der Waals surface area contributed by atoms with Gasteiger partial charge >= 0.3 is 5.97 Å². The van der Waals surface area contributed by atoms with Gasteiger partial charge in [-0.05, 0) is 54.6 Å². The second-order valence-electron chi connectivity index (χ2n) is 8.82. The number of nitrogens with zero attached hydrogens (tertiary/aromatic N) is 3. The Balaban J connectivity index is 1.45. The molecular weight excluding hydrogens is 431 g/mol. The summed E-state index contributed by atoms with van der Waals surface area (Å²) in [6.07, 6.45) is 3.49. The first-order chi connectivity index (χ1) is 16.5. The van der Waals surface area contributed by atoms with Crippen molar-refractivity contribution in [2.24, 2.45) is 0 Å². The van der Waals surface area contributed by atoms with Crippen molar-refractivity contribution in [1.82, 2.24) is 19.8 Å². The van der Waals surface area contributed by atoms with Gasteiger partial charge in [-0.25, -0.2) is 4.39 Å². The number of carbonyl (C=O) groups is 1. The maximum Gasteiger partial charge on any atom is 0.308 e. The molecule has 0 bridgehead atoms. The maximum atomic E-state index is 14.9. The van der Waals surface area contributed by atoms with E-state index in [0.717, 1.165) is 47.4 Å². The lowest BCUT2D eigenvalue weighted by molar-refractivity contribution is -0.131. The predicted molar refractivity (Wildman–Crippen MR) is 130 cm³/mol. The molecule has 6 nitrogen and oxygen atoms in total. The summed E-state index contributed by atoms with van der Waals surface area (Å²) < 4.78 is 20.3. The van der Waals surface area contributed by atoms with E-state index in [4.69, 9.17) is 4.74 Å². The summed E-state index contributed by atoms with van der Waals surface area (Å²) in [5.41, 5.74) is 4.37. The maximum absolute atomic E-state index is 14.9. The van der Waals surface area contributed by atoms with Crippen LogP contribution < -0.4 is 4.74 Å². The lowest BCUT2D eigenvalue weighted by Crippen LogP contribution is -2.46. The number of aromatic nitrogens is 2. The van der Waals surface area contributed by atoms with Crippen LogP contribution in [0.2, 0.25) is 0 Å². The lowest BCUT2D eigenvalue weighted by Gasteiger charge is -2.39. The SMILES string of the molecule is CC(=O)Oc1c[nH]c2ccc(-c3ccc(F)c(CN4CCN(C)CC4c4ccccn4)c3)cc12. The first kappa shape index (κ1) is 22.3. The van der Waals surface area contributed by atoms with Crippen LogP contribution in [-0.4, -0.2) is 52.4 Å². The molecule has 1 N–H and O–H groups in total. The molecule has 34 heavy (non-hydrogen) atoms. The van der Waals surface area contributed by atoms with Gasteiger partial charge < -0.3 is 14.6 Å². The molecule has 0 spiro atoms. The molecule has 5 rings (SSSR count). The Kier molecular flexibility index (Phi) is 6.13. The molecule has 1 aliphatic heterocycles. The molecule has 1 unspecified atom stereocenters. The number of aromatic amines is 1. The number of esters is 1. The van der Waals surface area contributed by atoms with E-state index < -0.39 is 0 Å². The minimum atomic E-state index is -0.370. The van der Waals surface area contributed by atoms with E-state index in [1.165, 1.54) is 13.0 Å². The largest absolute Gasteiger partial charge is 0.424 e. The van der Waals surface area contributed by atoms with E-state index >= 15 is 0 Å². The summed E-state index contributed by atoms with van der Waals surface area (Å²) in [6.45, 7) is 4.49. The lowest BCUT2D eigenvalue weighted by atomic mass is 10.00. The molecule has 0 radical (unpaired) electrons. The van der Waals surface area contributed by atoms with Crippen LogP contribution in [0.1, 0.15) is 24.2 Å². The fourth-order valence-corrected chi connectivity index (χ4v) is 4.61. The van der Waals surface area contributed by atoms with Crippen molar-refractivity contribution in [2.45, 2.75) is 19.5 Å². The highest BCUT2D eigenvalue weighted by molar-refractivity contribution is 5.92. The first-order valence-corrected chi connectivity index (χ1v) is 11.4. The van der Waals surface area contributed by atoms with E-state index in [9.17, 15) is 9.18 Å². The second-order valence-corrected chi connectivity index (χ2v) is 8.82. The van der Waals surface area contributed by atoms with Gasteiger partial charge in [-0.1, -0.05) is 18.2 Å². The summed E-state index contributed by atoms with van der Waals surface area (Å²) in [5.74, 6) is -0.0990. The van der Waals surface area contributed by atoms with Crippen molar-refractivity contribution in [2.75, 3.05) is 26.7 Å². The number of hydrogen-bond donors (Lipinski definition) is 1. The van der Waals surface area contributed by atoms with Gasteiger partial charge in [-0.3, -0.25) is 14.7 Å². The van der Waals surface area contributed by atoms with E-state index in [0.29, 0.717) is 17.9 Å². The number of rotatable bonds is 5. The van der Waals surface area contributed by atoms with E-state index in [1.807, 2.05) is 48.7 Å². The molecule has 0 aliphatic carbocycles. The molecule has 1 saturated heterocycles. The zero-order valence-electron chi connectivity index (χ0n) is 19.3. The standard InChI is InChI=1S/C27H27FN4O2/c1-18(33)34-27-15-30-24-9-7-20(14-22(24)27)19-6-8-23(28)21(13-19)16-32-12-11-31(2)17-26(32)25-5-3-4-10-29-25/h3-10,13-15,26,30H,11-12,16-17H2,1-2H3. The Bertz CT molecular complexity index is 1320. The van der Waals surface area contributed by atoms with Gasteiger partial charge in [-0.2, -0.15) is 0 Å². The molecule has 1 fully saturated rings. The molecular formula is C27H27FN4O2. The molecule has 7 heteroatoms. The fraction of sp³-hybridized carbons (Fsp3) is 0.259.